The summed E-state index contributed by atoms with van der Waals surface area (Å²) < 4.78 is 26.5. The highest BCUT2D eigenvalue weighted by Crippen LogP contribution is 2.18. The Kier molecular flexibility index (Phi) is 5.70. The molecule has 19 heavy (non-hydrogen) atoms. The zero-order valence-electron chi connectivity index (χ0n) is 10.3. The topological polar surface area (TPSA) is 109 Å². The molecule has 1 aromatic heterocycles. The van der Waals surface area contributed by atoms with Crippen LogP contribution < -0.4 is 5.73 Å². The molecule has 0 aliphatic heterocycles. The molecule has 0 saturated carbocycles. The molecule has 0 radical (unpaired) electrons. The van der Waals surface area contributed by atoms with E-state index in [1.54, 1.807) is 6.92 Å². The number of amidine groups is 1. The molecule has 3 N–H and O–H groups in total. The van der Waals surface area contributed by atoms with Crippen LogP contribution in [0, 0.1) is 0 Å². The summed E-state index contributed by atoms with van der Waals surface area (Å²) in [5.74, 6) is -0.0129. The molecule has 0 saturated heterocycles. The average molecular weight is 351 g/mol. The first-order valence-corrected chi connectivity index (χ1v) is 7.72. The Balaban J connectivity index is 2.96. The monoisotopic (exact) mass is 350 g/mol. The predicted octanol–water partition coefficient (Wildman–Crippen LogP) is 0.991. The van der Waals surface area contributed by atoms with Crippen LogP contribution in [0.4, 0.5) is 0 Å². The van der Waals surface area contributed by atoms with Crippen LogP contribution in [-0.4, -0.2) is 41.8 Å². The summed E-state index contributed by atoms with van der Waals surface area (Å²) in [5.41, 5.74) is 5.34. The Morgan fingerprint density at radius 1 is 1.58 bits per heavy atom. The van der Waals surface area contributed by atoms with Gasteiger partial charge in [-0.3, -0.25) is 4.98 Å². The maximum absolute atomic E-state index is 12.3. The number of rotatable bonds is 6. The van der Waals surface area contributed by atoms with Gasteiger partial charge in [0.2, 0.25) is 10.0 Å². The third-order valence-electron chi connectivity index (χ3n) is 2.42. The molecule has 106 valence electrons. The molecular weight excluding hydrogens is 336 g/mol. The summed E-state index contributed by atoms with van der Waals surface area (Å²) in [7, 11) is -3.63. The number of nitrogens with zero attached hydrogens (tertiary/aromatic N) is 3. The maximum atomic E-state index is 12.3. The number of sulfonamides is 1. The fraction of sp³-hybridized carbons (Fsp3) is 0.400. The van der Waals surface area contributed by atoms with Gasteiger partial charge in [0.15, 0.2) is 0 Å². The normalized spacial score (nSPS) is 12.9. The van der Waals surface area contributed by atoms with Crippen molar-refractivity contribution in [1.29, 1.82) is 0 Å². The predicted molar refractivity (Wildman–Crippen MR) is 74.4 cm³/mol. The Morgan fingerprint density at radius 2 is 2.26 bits per heavy atom. The van der Waals surface area contributed by atoms with E-state index >= 15 is 0 Å². The summed E-state index contributed by atoms with van der Waals surface area (Å²) in [5, 5.41) is 11.3. The van der Waals surface area contributed by atoms with E-state index in [0.29, 0.717) is 4.47 Å². The molecule has 0 spiro atoms. The van der Waals surface area contributed by atoms with Gasteiger partial charge in [-0.25, -0.2) is 8.42 Å². The third-order valence-corrected chi connectivity index (χ3v) is 4.79. The number of pyridine rings is 1. The molecule has 1 aromatic rings. The Bertz CT molecular complexity index is 562. The highest BCUT2D eigenvalue weighted by atomic mass is 79.9. The largest absolute Gasteiger partial charge is 0.409 e. The van der Waals surface area contributed by atoms with E-state index in [2.05, 4.69) is 26.1 Å². The summed E-state index contributed by atoms with van der Waals surface area (Å²) >= 11 is 3.18. The fourth-order valence-corrected chi connectivity index (χ4v) is 3.38. The molecule has 0 fully saturated rings. The molecule has 0 unspecified atom stereocenters. The first-order chi connectivity index (χ1) is 8.91. The van der Waals surface area contributed by atoms with E-state index < -0.39 is 10.0 Å². The van der Waals surface area contributed by atoms with Gasteiger partial charge in [0.25, 0.3) is 0 Å². The Hall–Kier alpha value is -1.19. The van der Waals surface area contributed by atoms with Gasteiger partial charge in [-0.05, 0) is 22.0 Å². The van der Waals surface area contributed by atoms with E-state index in [1.165, 1.54) is 22.8 Å². The molecule has 0 aliphatic rings. The van der Waals surface area contributed by atoms with Crippen molar-refractivity contribution in [2.75, 3.05) is 13.1 Å². The smallest absolute Gasteiger partial charge is 0.244 e. The van der Waals surface area contributed by atoms with Gasteiger partial charge in [-0.15, -0.1) is 0 Å². The van der Waals surface area contributed by atoms with Gasteiger partial charge in [0, 0.05) is 36.4 Å². The first kappa shape index (κ1) is 15.9. The summed E-state index contributed by atoms with van der Waals surface area (Å²) in [6, 6.07) is 1.48. The lowest BCUT2D eigenvalue weighted by Crippen LogP contribution is -2.34. The van der Waals surface area contributed by atoms with Crippen LogP contribution in [-0.2, 0) is 10.0 Å². The summed E-state index contributed by atoms with van der Waals surface area (Å²) in [6.45, 7) is 2.14. The van der Waals surface area contributed by atoms with Crippen LogP contribution in [0.25, 0.3) is 0 Å². The number of oxime groups is 1. The van der Waals surface area contributed by atoms with Gasteiger partial charge in [0.1, 0.15) is 10.7 Å². The van der Waals surface area contributed by atoms with Gasteiger partial charge in [0.05, 0.1) is 0 Å². The van der Waals surface area contributed by atoms with Crippen LogP contribution in [0.5, 0.6) is 0 Å². The SMILES string of the molecule is CCN(CCC(N)=NO)S(=O)(=O)c1cncc(Br)c1. The summed E-state index contributed by atoms with van der Waals surface area (Å²) in [6.07, 6.45) is 2.95. The average Bonchev–Trinajstić information content (AvgIpc) is 2.38. The zero-order valence-corrected chi connectivity index (χ0v) is 12.7. The molecule has 0 aliphatic carbocycles. The standard InChI is InChI=1S/C10H15BrN4O3S/c1-2-15(4-3-10(12)14-16)19(17,18)9-5-8(11)6-13-7-9/h5-7,16H,2-4H2,1H3,(H2,12,14). The van der Waals surface area contributed by atoms with Crippen molar-refractivity contribution in [3.8, 4) is 0 Å². The zero-order chi connectivity index (χ0) is 14.5. The lowest BCUT2D eigenvalue weighted by molar-refractivity contribution is 0.315. The van der Waals surface area contributed by atoms with Gasteiger partial charge < -0.3 is 10.9 Å². The van der Waals surface area contributed by atoms with Crippen molar-refractivity contribution < 1.29 is 13.6 Å². The molecule has 7 nitrogen and oxygen atoms in total. The molecule has 0 aromatic carbocycles. The number of hydrogen-bond acceptors (Lipinski definition) is 5. The van der Waals surface area contributed by atoms with Crippen molar-refractivity contribution >= 4 is 31.8 Å². The number of nitrogens with two attached hydrogens (primary N) is 1. The van der Waals surface area contributed by atoms with E-state index in [9.17, 15) is 8.42 Å². The van der Waals surface area contributed by atoms with E-state index in [-0.39, 0.29) is 30.2 Å². The van der Waals surface area contributed by atoms with Crippen LogP contribution >= 0.6 is 15.9 Å². The highest BCUT2D eigenvalue weighted by molar-refractivity contribution is 9.10. The second-order valence-electron chi connectivity index (χ2n) is 3.68. The molecule has 1 heterocycles. The van der Waals surface area contributed by atoms with Crippen molar-refractivity contribution in [3.05, 3.63) is 22.9 Å². The number of halogens is 1. The molecule has 0 bridgehead atoms. The van der Waals surface area contributed by atoms with Gasteiger partial charge >= 0.3 is 0 Å². The molecule has 1 rings (SSSR count). The van der Waals surface area contributed by atoms with E-state index in [0.717, 1.165) is 0 Å². The lowest BCUT2D eigenvalue weighted by atomic mass is 10.4. The van der Waals surface area contributed by atoms with Gasteiger partial charge in [-0.1, -0.05) is 12.1 Å². The van der Waals surface area contributed by atoms with Crippen molar-refractivity contribution in [1.82, 2.24) is 9.29 Å². The van der Waals surface area contributed by atoms with Crippen LogP contribution in [0.3, 0.4) is 0 Å². The minimum atomic E-state index is -3.63. The lowest BCUT2D eigenvalue weighted by Gasteiger charge is -2.20. The van der Waals surface area contributed by atoms with E-state index in [1.807, 2.05) is 0 Å². The molecular formula is C10H15BrN4O3S. The second-order valence-corrected chi connectivity index (χ2v) is 6.53. The maximum Gasteiger partial charge on any atom is 0.244 e. The van der Waals surface area contributed by atoms with Crippen molar-refractivity contribution in [2.24, 2.45) is 10.9 Å². The van der Waals surface area contributed by atoms with Gasteiger partial charge in [-0.2, -0.15) is 4.31 Å². The van der Waals surface area contributed by atoms with Crippen molar-refractivity contribution in [3.63, 3.8) is 0 Å². The second kappa shape index (κ2) is 6.83. The third kappa shape index (κ3) is 4.15. The quantitative estimate of drug-likeness (QED) is 0.344. The van der Waals surface area contributed by atoms with E-state index in [4.69, 9.17) is 10.9 Å². The Labute approximate surface area is 120 Å². The number of aromatic nitrogens is 1. The molecule has 0 atom stereocenters. The van der Waals surface area contributed by atoms with Crippen LogP contribution in [0.15, 0.2) is 33.0 Å². The highest BCUT2D eigenvalue weighted by Gasteiger charge is 2.23. The Morgan fingerprint density at radius 3 is 2.79 bits per heavy atom. The first-order valence-electron chi connectivity index (χ1n) is 5.49. The molecule has 0 amide bonds. The minimum absolute atomic E-state index is 0.0129. The van der Waals surface area contributed by atoms with Crippen LogP contribution in [0.1, 0.15) is 13.3 Å². The molecule has 9 heteroatoms. The van der Waals surface area contributed by atoms with Crippen molar-refractivity contribution in [2.45, 2.75) is 18.2 Å². The summed E-state index contributed by atoms with van der Waals surface area (Å²) in [4.78, 5) is 3.94. The van der Waals surface area contributed by atoms with Crippen LogP contribution in [0.2, 0.25) is 0 Å². The fourth-order valence-electron chi connectivity index (χ4n) is 1.42. The number of hydrogen-bond donors (Lipinski definition) is 2. The minimum Gasteiger partial charge on any atom is -0.409 e.